The molecule has 1 saturated heterocycles. The molecule has 8 heteroatoms. The Kier molecular flexibility index (Phi) is 5.94. The number of nitrogens with one attached hydrogen (secondary N) is 1. The molecule has 3 N–H and O–H groups in total. The number of pyridine rings is 1. The lowest BCUT2D eigenvalue weighted by Crippen LogP contribution is -2.44. The van der Waals surface area contributed by atoms with Crippen molar-refractivity contribution in [1.29, 1.82) is 0 Å². The molecule has 1 fully saturated rings. The minimum Gasteiger partial charge on any atom is -0.481 e. The number of rotatable bonds is 6. The molecule has 1 aliphatic rings. The Morgan fingerprint density at radius 3 is 2.67 bits per heavy atom. The largest absolute Gasteiger partial charge is 0.481 e. The third kappa shape index (κ3) is 4.44. The van der Waals surface area contributed by atoms with Crippen LogP contribution < -0.4 is 15.8 Å². The van der Waals surface area contributed by atoms with Gasteiger partial charge in [0.1, 0.15) is 11.3 Å². The van der Waals surface area contributed by atoms with Crippen molar-refractivity contribution in [2.24, 2.45) is 0 Å². The zero-order valence-corrected chi connectivity index (χ0v) is 16.9. The molecule has 156 valence electrons. The molecule has 0 radical (unpaired) electrons. The number of piperidine rings is 1. The fourth-order valence-corrected chi connectivity index (χ4v) is 3.69. The lowest BCUT2D eigenvalue weighted by Gasteiger charge is -2.32. The van der Waals surface area contributed by atoms with Gasteiger partial charge in [0.25, 0.3) is 5.91 Å². The summed E-state index contributed by atoms with van der Waals surface area (Å²) < 4.78 is 10.2. The van der Waals surface area contributed by atoms with Crippen LogP contribution in [0.15, 0.2) is 53.2 Å². The van der Waals surface area contributed by atoms with E-state index < -0.39 is 0 Å². The Morgan fingerprint density at radius 1 is 1.23 bits per heavy atom. The number of hydrogen-bond donors (Lipinski definition) is 2. The van der Waals surface area contributed by atoms with Crippen LogP contribution in [0.2, 0.25) is 0 Å². The number of benzene rings is 1. The Labute approximate surface area is 175 Å². The number of nitrogens with two attached hydrogens (primary N) is 1. The van der Waals surface area contributed by atoms with Gasteiger partial charge in [0, 0.05) is 43.5 Å². The lowest BCUT2D eigenvalue weighted by atomic mass is 10.0. The van der Waals surface area contributed by atoms with Gasteiger partial charge in [0.05, 0.1) is 7.11 Å². The van der Waals surface area contributed by atoms with Crippen LogP contribution in [0.3, 0.4) is 0 Å². The van der Waals surface area contributed by atoms with Gasteiger partial charge < -0.3 is 20.3 Å². The van der Waals surface area contributed by atoms with Crippen LogP contribution in [0.5, 0.6) is 5.88 Å². The zero-order valence-electron chi connectivity index (χ0n) is 16.9. The number of amides is 1. The molecule has 1 aliphatic heterocycles. The summed E-state index contributed by atoms with van der Waals surface area (Å²) in [5.41, 5.74) is 8.47. The molecule has 0 saturated carbocycles. The predicted molar refractivity (Wildman–Crippen MR) is 113 cm³/mol. The van der Waals surface area contributed by atoms with Gasteiger partial charge in [-0.05, 0) is 24.5 Å². The quantitative estimate of drug-likeness (QED) is 0.647. The second kappa shape index (κ2) is 8.96. The summed E-state index contributed by atoms with van der Waals surface area (Å²) >= 11 is 0. The molecule has 0 unspecified atom stereocenters. The van der Waals surface area contributed by atoms with Crippen molar-refractivity contribution in [1.82, 2.24) is 20.4 Å². The third-order valence-electron chi connectivity index (χ3n) is 5.34. The molecular formula is C22H25N5O3. The summed E-state index contributed by atoms with van der Waals surface area (Å²) in [6.45, 7) is 2.77. The summed E-state index contributed by atoms with van der Waals surface area (Å²) in [6, 6.07) is 14.0. The number of nitrogens with zero attached hydrogens (tertiary/aromatic N) is 3. The van der Waals surface area contributed by atoms with Crippen molar-refractivity contribution >= 4 is 11.8 Å². The number of carbonyl (C=O) groups excluding carboxylic acids is 1. The van der Waals surface area contributed by atoms with Crippen molar-refractivity contribution < 1.29 is 14.1 Å². The van der Waals surface area contributed by atoms with E-state index in [1.165, 1.54) is 5.56 Å². The molecule has 0 atom stereocenters. The standard InChI is InChI=1S/C22H25N5O3/c1-29-18-8-7-16(13-24-18)20-19(21(23)30-26-20)22(28)25-17-9-11-27(12-10-17)14-15-5-3-2-4-6-15/h2-8,13,17H,9-12,14,23H2,1H3,(H,25,28). The number of likely N-dealkylation sites (tertiary alicyclic amines) is 1. The van der Waals surface area contributed by atoms with Crippen LogP contribution in [-0.2, 0) is 6.54 Å². The van der Waals surface area contributed by atoms with E-state index >= 15 is 0 Å². The molecule has 1 aromatic carbocycles. The number of hydrogen-bond acceptors (Lipinski definition) is 7. The minimum atomic E-state index is -0.277. The zero-order chi connectivity index (χ0) is 20.9. The topological polar surface area (TPSA) is 107 Å². The maximum Gasteiger partial charge on any atom is 0.259 e. The number of anilines is 1. The van der Waals surface area contributed by atoms with Crippen LogP contribution in [0.1, 0.15) is 28.8 Å². The summed E-state index contributed by atoms with van der Waals surface area (Å²) in [6.07, 6.45) is 3.33. The number of nitrogen functional groups attached to an aromatic ring is 1. The van der Waals surface area contributed by atoms with E-state index in [9.17, 15) is 4.79 Å². The first-order valence-corrected chi connectivity index (χ1v) is 9.96. The minimum absolute atomic E-state index is 0.000156. The highest BCUT2D eigenvalue weighted by Crippen LogP contribution is 2.28. The van der Waals surface area contributed by atoms with Crippen molar-refractivity contribution in [2.45, 2.75) is 25.4 Å². The van der Waals surface area contributed by atoms with E-state index in [2.05, 4.69) is 44.6 Å². The van der Waals surface area contributed by atoms with E-state index in [0.29, 0.717) is 17.1 Å². The first-order valence-electron chi connectivity index (χ1n) is 9.96. The summed E-state index contributed by atoms with van der Waals surface area (Å²) in [4.78, 5) is 19.5. The molecule has 0 bridgehead atoms. The molecule has 2 aromatic heterocycles. The number of carbonyl (C=O) groups is 1. The highest BCUT2D eigenvalue weighted by molar-refractivity contribution is 6.03. The number of ether oxygens (including phenoxy) is 1. The average molecular weight is 407 g/mol. The molecular weight excluding hydrogens is 382 g/mol. The average Bonchev–Trinajstić information content (AvgIpc) is 3.17. The molecule has 30 heavy (non-hydrogen) atoms. The molecule has 0 aliphatic carbocycles. The van der Waals surface area contributed by atoms with Gasteiger partial charge in [-0.2, -0.15) is 0 Å². The summed E-state index contributed by atoms with van der Waals surface area (Å²) in [7, 11) is 1.54. The Balaban J connectivity index is 1.38. The van der Waals surface area contributed by atoms with E-state index in [0.717, 1.165) is 32.5 Å². The van der Waals surface area contributed by atoms with Gasteiger partial charge in [-0.3, -0.25) is 9.69 Å². The van der Waals surface area contributed by atoms with Crippen molar-refractivity contribution in [3.63, 3.8) is 0 Å². The van der Waals surface area contributed by atoms with Crippen molar-refractivity contribution in [3.05, 3.63) is 59.8 Å². The smallest absolute Gasteiger partial charge is 0.259 e. The number of aromatic nitrogens is 2. The highest BCUT2D eigenvalue weighted by atomic mass is 16.5. The molecule has 4 rings (SSSR count). The van der Waals surface area contributed by atoms with Gasteiger partial charge in [-0.25, -0.2) is 4.98 Å². The molecule has 8 nitrogen and oxygen atoms in total. The van der Waals surface area contributed by atoms with Gasteiger partial charge in [-0.1, -0.05) is 35.5 Å². The highest BCUT2D eigenvalue weighted by Gasteiger charge is 2.26. The van der Waals surface area contributed by atoms with Gasteiger partial charge in [0.15, 0.2) is 0 Å². The SMILES string of the molecule is COc1ccc(-c2noc(N)c2C(=O)NC2CCN(Cc3ccccc3)CC2)cn1. The van der Waals surface area contributed by atoms with Crippen molar-refractivity contribution in [3.8, 4) is 17.1 Å². The number of methoxy groups -OCH3 is 1. The van der Waals surface area contributed by atoms with Crippen LogP contribution in [0, 0.1) is 0 Å². The maximum absolute atomic E-state index is 12.9. The second-order valence-electron chi connectivity index (χ2n) is 7.37. The van der Waals surface area contributed by atoms with Gasteiger partial charge >= 0.3 is 0 Å². The lowest BCUT2D eigenvalue weighted by molar-refractivity contribution is 0.0910. The summed E-state index contributed by atoms with van der Waals surface area (Å²) in [5, 5.41) is 7.05. The molecule has 0 spiro atoms. The van der Waals surface area contributed by atoms with E-state index in [1.807, 2.05) is 6.07 Å². The second-order valence-corrected chi connectivity index (χ2v) is 7.37. The Hall–Kier alpha value is -3.39. The third-order valence-corrected chi connectivity index (χ3v) is 5.34. The van der Waals surface area contributed by atoms with E-state index in [-0.39, 0.29) is 23.4 Å². The Morgan fingerprint density at radius 2 is 2.00 bits per heavy atom. The van der Waals surface area contributed by atoms with Gasteiger partial charge in [0.2, 0.25) is 11.8 Å². The monoisotopic (exact) mass is 407 g/mol. The van der Waals surface area contributed by atoms with E-state index in [1.54, 1.807) is 25.4 Å². The Bertz CT molecular complexity index is 980. The van der Waals surface area contributed by atoms with Crippen LogP contribution in [-0.4, -0.2) is 47.2 Å². The fourth-order valence-electron chi connectivity index (χ4n) is 3.69. The molecule has 3 aromatic rings. The van der Waals surface area contributed by atoms with E-state index in [4.69, 9.17) is 15.0 Å². The van der Waals surface area contributed by atoms with Crippen LogP contribution >= 0.6 is 0 Å². The first kappa shape index (κ1) is 19.9. The normalized spacial score (nSPS) is 15.1. The fraction of sp³-hybridized carbons (Fsp3) is 0.318. The van der Waals surface area contributed by atoms with Gasteiger partial charge in [-0.15, -0.1) is 0 Å². The molecule has 3 heterocycles. The maximum atomic E-state index is 12.9. The van der Waals surface area contributed by atoms with Crippen LogP contribution in [0.25, 0.3) is 11.3 Å². The van der Waals surface area contributed by atoms with Crippen LogP contribution in [0.4, 0.5) is 5.88 Å². The molecule has 1 amide bonds. The predicted octanol–water partition coefficient (Wildman–Crippen LogP) is 2.72. The summed E-state index contributed by atoms with van der Waals surface area (Å²) in [5.74, 6) is 0.199. The van der Waals surface area contributed by atoms with Crippen molar-refractivity contribution in [2.75, 3.05) is 25.9 Å². The first-order chi connectivity index (χ1) is 14.6.